The maximum absolute atomic E-state index is 9.14. The molecule has 1 unspecified atom stereocenters. The summed E-state index contributed by atoms with van der Waals surface area (Å²) in [4.78, 5) is 0. The molecule has 1 rings (SSSR count). The molecule has 0 aliphatic rings. The highest BCUT2D eigenvalue weighted by molar-refractivity contribution is 9.10. The Bertz CT molecular complexity index is 467. The van der Waals surface area contributed by atoms with Gasteiger partial charge in [0.05, 0.1) is 17.7 Å². The van der Waals surface area contributed by atoms with E-state index in [1.54, 1.807) is 20.1 Å². The first kappa shape index (κ1) is 19.0. The fourth-order valence-electron chi connectivity index (χ4n) is 1.88. The lowest BCUT2D eigenvalue weighted by molar-refractivity contribution is 0.191. The zero-order chi connectivity index (χ0) is 16.4. The Hall–Kier alpha value is -1.08. The molecule has 3 N–H and O–H groups in total. The molecule has 0 bridgehead atoms. The van der Waals surface area contributed by atoms with Crippen LogP contribution >= 0.6 is 15.9 Å². The maximum Gasteiger partial charge on any atom is 0.175 e. The summed E-state index contributed by atoms with van der Waals surface area (Å²) in [5, 5.41) is 15.6. The molecular formula is C16H25BrN2O3. The van der Waals surface area contributed by atoms with Gasteiger partial charge in [-0.1, -0.05) is 12.7 Å². The number of methoxy groups -OCH3 is 1. The van der Waals surface area contributed by atoms with Crippen molar-refractivity contribution in [1.29, 1.82) is 0 Å². The van der Waals surface area contributed by atoms with Crippen LogP contribution in [0.15, 0.2) is 29.3 Å². The number of hydrogen-bond acceptors (Lipinski definition) is 5. The van der Waals surface area contributed by atoms with Gasteiger partial charge >= 0.3 is 0 Å². The van der Waals surface area contributed by atoms with Gasteiger partial charge in [0.1, 0.15) is 6.61 Å². The Morgan fingerprint density at radius 1 is 1.36 bits per heavy atom. The van der Waals surface area contributed by atoms with Crippen molar-refractivity contribution in [3.63, 3.8) is 0 Å². The van der Waals surface area contributed by atoms with Crippen molar-refractivity contribution in [3.8, 4) is 11.5 Å². The van der Waals surface area contributed by atoms with E-state index in [1.807, 2.05) is 12.1 Å². The average molecular weight is 373 g/mol. The van der Waals surface area contributed by atoms with Gasteiger partial charge in [-0.25, -0.2) is 0 Å². The number of ether oxygens (including phenoxy) is 2. The van der Waals surface area contributed by atoms with E-state index in [2.05, 4.69) is 33.1 Å². The number of nitrogens with one attached hydrogen (secondary N) is 2. The van der Waals surface area contributed by atoms with Gasteiger partial charge in [-0.2, -0.15) is 0 Å². The van der Waals surface area contributed by atoms with Crippen LogP contribution in [0.25, 0.3) is 0 Å². The Morgan fingerprint density at radius 2 is 2.09 bits per heavy atom. The summed E-state index contributed by atoms with van der Waals surface area (Å²) in [6.45, 7) is 8.80. The first-order valence-corrected chi connectivity index (χ1v) is 8.07. The Morgan fingerprint density at radius 3 is 2.73 bits per heavy atom. The predicted octanol–water partition coefficient (Wildman–Crippen LogP) is 2.08. The lowest BCUT2D eigenvalue weighted by atomic mass is 10.2. The quantitative estimate of drug-likeness (QED) is 0.410. The van der Waals surface area contributed by atoms with Crippen LogP contribution in [0.1, 0.15) is 12.5 Å². The van der Waals surface area contributed by atoms with E-state index in [4.69, 9.17) is 14.6 Å². The minimum atomic E-state index is -0.316. The van der Waals surface area contributed by atoms with Crippen molar-refractivity contribution < 1.29 is 14.6 Å². The van der Waals surface area contributed by atoms with Crippen LogP contribution in [-0.2, 0) is 6.54 Å². The molecule has 0 aliphatic carbocycles. The second-order valence-electron chi connectivity index (χ2n) is 4.94. The van der Waals surface area contributed by atoms with Crippen LogP contribution in [-0.4, -0.2) is 44.6 Å². The molecule has 22 heavy (non-hydrogen) atoms. The Kier molecular flexibility index (Phi) is 9.15. The minimum absolute atomic E-state index is 0.316. The zero-order valence-corrected chi connectivity index (χ0v) is 14.8. The van der Waals surface area contributed by atoms with Crippen molar-refractivity contribution in [1.82, 2.24) is 10.6 Å². The summed E-state index contributed by atoms with van der Waals surface area (Å²) in [7, 11) is 1.62. The van der Waals surface area contributed by atoms with Crippen LogP contribution in [0.3, 0.4) is 0 Å². The van der Waals surface area contributed by atoms with Crippen LogP contribution in [0, 0.1) is 0 Å². The van der Waals surface area contributed by atoms with Crippen molar-refractivity contribution in [2.24, 2.45) is 0 Å². The lowest BCUT2D eigenvalue weighted by Gasteiger charge is -2.14. The molecule has 0 aliphatic heterocycles. The Balaban J connectivity index is 2.50. The number of benzene rings is 1. The molecule has 1 atom stereocenters. The van der Waals surface area contributed by atoms with Gasteiger partial charge in [-0.3, -0.25) is 0 Å². The van der Waals surface area contributed by atoms with Crippen molar-refractivity contribution in [2.45, 2.75) is 19.6 Å². The molecule has 0 aromatic heterocycles. The fraction of sp³-hybridized carbons (Fsp3) is 0.500. The topological polar surface area (TPSA) is 62.8 Å². The van der Waals surface area contributed by atoms with E-state index in [-0.39, 0.29) is 6.10 Å². The van der Waals surface area contributed by atoms with E-state index in [0.29, 0.717) is 24.7 Å². The van der Waals surface area contributed by atoms with Crippen LogP contribution in [0.5, 0.6) is 11.5 Å². The van der Waals surface area contributed by atoms with Gasteiger partial charge in [0.25, 0.3) is 0 Å². The van der Waals surface area contributed by atoms with Gasteiger partial charge in [0, 0.05) is 26.2 Å². The molecule has 6 heteroatoms. The highest BCUT2D eigenvalue weighted by atomic mass is 79.9. The molecule has 1 aromatic rings. The number of aliphatic hydroxyl groups excluding tert-OH is 1. The number of rotatable bonds is 11. The number of halogens is 1. The molecule has 0 radical (unpaired) electrons. The standard InChI is InChI=1S/C16H25BrN2O3/c1-4-7-22-16-14(17)8-13(9-15(16)21-3)11-19-6-5-18-10-12(2)20/h4,8-9,12,18-20H,1,5-7,10-11H2,2-3H3. The molecule has 1 aromatic carbocycles. The van der Waals surface area contributed by atoms with E-state index >= 15 is 0 Å². The summed E-state index contributed by atoms with van der Waals surface area (Å²) in [6, 6.07) is 3.97. The first-order valence-electron chi connectivity index (χ1n) is 7.28. The monoisotopic (exact) mass is 372 g/mol. The lowest BCUT2D eigenvalue weighted by Crippen LogP contribution is -2.31. The molecular weight excluding hydrogens is 348 g/mol. The first-order chi connectivity index (χ1) is 10.6. The third-order valence-electron chi connectivity index (χ3n) is 2.88. The molecule has 0 saturated carbocycles. The summed E-state index contributed by atoms with van der Waals surface area (Å²) >= 11 is 3.51. The predicted molar refractivity (Wildman–Crippen MR) is 92.6 cm³/mol. The van der Waals surface area contributed by atoms with E-state index in [0.717, 1.165) is 29.7 Å². The van der Waals surface area contributed by atoms with Crippen LogP contribution in [0.2, 0.25) is 0 Å². The van der Waals surface area contributed by atoms with Crippen molar-refractivity contribution in [3.05, 3.63) is 34.8 Å². The smallest absolute Gasteiger partial charge is 0.175 e. The molecule has 0 heterocycles. The second-order valence-corrected chi connectivity index (χ2v) is 5.79. The third-order valence-corrected chi connectivity index (χ3v) is 3.47. The van der Waals surface area contributed by atoms with Gasteiger partial charge in [-0.15, -0.1) is 0 Å². The fourth-order valence-corrected chi connectivity index (χ4v) is 2.48. The minimum Gasteiger partial charge on any atom is -0.493 e. The highest BCUT2D eigenvalue weighted by Gasteiger charge is 2.11. The molecule has 0 fully saturated rings. The largest absolute Gasteiger partial charge is 0.493 e. The highest BCUT2D eigenvalue weighted by Crippen LogP contribution is 2.36. The number of hydrogen-bond donors (Lipinski definition) is 3. The molecule has 5 nitrogen and oxygen atoms in total. The zero-order valence-electron chi connectivity index (χ0n) is 13.2. The molecule has 0 saturated heterocycles. The SMILES string of the molecule is C=CCOc1c(Br)cc(CNCCNCC(C)O)cc1OC. The second kappa shape index (κ2) is 10.6. The van der Waals surface area contributed by atoms with E-state index in [1.165, 1.54) is 0 Å². The number of aliphatic hydroxyl groups is 1. The van der Waals surface area contributed by atoms with Crippen LogP contribution < -0.4 is 20.1 Å². The molecule has 124 valence electrons. The summed E-state index contributed by atoms with van der Waals surface area (Å²) in [5.41, 5.74) is 1.10. The Labute approximate surface area is 140 Å². The average Bonchev–Trinajstić information content (AvgIpc) is 2.48. The van der Waals surface area contributed by atoms with Gasteiger partial charge in [-0.05, 0) is 40.5 Å². The normalized spacial score (nSPS) is 12.0. The van der Waals surface area contributed by atoms with Gasteiger partial charge in [0.2, 0.25) is 0 Å². The maximum atomic E-state index is 9.14. The summed E-state index contributed by atoms with van der Waals surface area (Å²) < 4.78 is 11.8. The summed E-state index contributed by atoms with van der Waals surface area (Å²) in [5.74, 6) is 1.38. The molecule has 0 spiro atoms. The summed E-state index contributed by atoms with van der Waals surface area (Å²) in [6.07, 6.45) is 1.38. The molecule has 0 amide bonds. The van der Waals surface area contributed by atoms with Gasteiger partial charge < -0.3 is 25.2 Å². The van der Waals surface area contributed by atoms with E-state index in [9.17, 15) is 0 Å². The van der Waals surface area contributed by atoms with Crippen molar-refractivity contribution in [2.75, 3.05) is 33.4 Å². The van der Waals surface area contributed by atoms with Crippen molar-refractivity contribution >= 4 is 15.9 Å². The van der Waals surface area contributed by atoms with Gasteiger partial charge in [0.15, 0.2) is 11.5 Å². The van der Waals surface area contributed by atoms with E-state index < -0.39 is 0 Å². The third kappa shape index (κ3) is 6.79. The van der Waals surface area contributed by atoms with Crippen LogP contribution in [0.4, 0.5) is 0 Å².